The Hall–Kier alpha value is -2.77. The average Bonchev–Trinajstić information content (AvgIpc) is 2.69. The second-order valence-corrected chi connectivity index (χ2v) is 7.39. The number of anilines is 1. The van der Waals surface area contributed by atoms with E-state index in [0.29, 0.717) is 38.6 Å². The lowest BCUT2D eigenvalue weighted by atomic mass is 9.93. The fourth-order valence-electron chi connectivity index (χ4n) is 3.24. The molecule has 0 saturated carbocycles. The smallest absolute Gasteiger partial charge is 0.255 e. The quantitative estimate of drug-likeness (QED) is 0.619. The van der Waals surface area contributed by atoms with Gasteiger partial charge < -0.3 is 25.4 Å². The molecule has 3 N–H and O–H groups in total. The summed E-state index contributed by atoms with van der Waals surface area (Å²) in [5.41, 5.74) is 3.42. The molecule has 1 aliphatic heterocycles. The molecule has 1 heterocycles. The van der Waals surface area contributed by atoms with Crippen LogP contribution in [0.25, 0.3) is 0 Å². The molecule has 3 rings (SSSR count). The minimum Gasteiger partial charge on any atom is -0.493 e. The summed E-state index contributed by atoms with van der Waals surface area (Å²) in [6.45, 7) is 3.71. The number of para-hydroxylation sites is 1. The maximum Gasteiger partial charge on any atom is 0.255 e. The number of ether oxygens (including phenoxy) is 2. The van der Waals surface area contributed by atoms with Crippen LogP contribution in [-0.4, -0.2) is 25.2 Å². The van der Waals surface area contributed by atoms with Crippen LogP contribution < -0.4 is 25.4 Å². The van der Waals surface area contributed by atoms with Crippen LogP contribution in [-0.2, 0) is 4.79 Å². The molecule has 0 saturated heterocycles. The van der Waals surface area contributed by atoms with Crippen LogP contribution in [0.15, 0.2) is 47.7 Å². The Kier molecular flexibility index (Phi) is 6.30. The van der Waals surface area contributed by atoms with Gasteiger partial charge in [-0.25, -0.2) is 0 Å². The van der Waals surface area contributed by atoms with E-state index in [1.165, 1.54) is 0 Å². The number of nitrogens with one attached hydrogen (secondary N) is 3. The zero-order valence-corrected chi connectivity index (χ0v) is 18.1. The van der Waals surface area contributed by atoms with Crippen molar-refractivity contribution in [1.82, 2.24) is 10.6 Å². The SMILES string of the molecule is COc1cccc(C2NC(=S)NC(C)=C2C(=O)Nc2ccc(C)c(Cl)c2)c1OC. The van der Waals surface area contributed by atoms with Crippen molar-refractivity contribution in [2.75, 3.05) is 19.5 Å². The summed E-state index contributed by atoms with van der Waals surface area (Å²) in [6, 6.07) is 10.4. The third kappa shape index (κ3) is 4.31. The maximum absolute atomic E-state index is 13.2. The van der Waals surface area contributed by atoms with E-state index in [1.807, 2.05) is 38.1 Å². The van der Waals surface area contributed by atoms with Crippen molar-refractivity contribution in [2.24, 2.45) is 0 Å². The minimum atomic E-state index is -0.519. The van der Waals surface area contributed by atoms with Crippen molar-refractivity contribution in [3.8, 4) is 11.5 Å². The van der Waals surface area contributed by atoms with Gasteiger partial charge in [-0.15, -0.1) is 0 Å². The zero-order valence-electron chi connectivity index (χ0n) is 16.6. The van der Waals surface area contributed by atoms with Crippen molar-refractivity contribution in [3.63, 3.8) is 0 Å². The Morgan fingerprint density at radius 3 is 2.59 bits per heavy atom. The second kappa shape index (κ2) is 8.71. The molecule has 8 heteroatoms. The van der Waals surface area contributed by atoms with Crippen LogP contribution in [0, 0.1) is 6.92 Å². The Bertz CT molecular complexity index is 1010. The van der Waals surface area contributed by atoms with E-state index >= 15 is 0 Å². The largest absolute Gasteiger partial charge is 0.493 e. The van der Waals surface area contributed by atoms with E-state index in [2.05, 4.69) is 16.0 Å². The van der Waals surface area contributed by atoms with Crippen LogP contribution >= 0.6 is 23.8 Å². The summed E-state index contributed by atoms with van der Waals surface area (Å²) in [6.07, 6.45) is 0. The molecule has 1 atom stereocenters. The van der Waals surface area contributed by atoms with Crippen molar-refractivity contribution < 1.29 is 14.3 Å². The number of hydrogen-bond donors (Lipinski definition) is 3. The van der Waals surface area contributed by atoms with Crippen LogP contribution in [0.5, 0.6) is 11.5 Å². The summed E-state index contributed by atoms with van der Waals surface area (Å²) < 4.78 is 11.0. The minimum absolute atomic E-state index is 0.278. The number of rotatable bonds is 5. The van der Waals surface area contributed by atoms with Gasteiger partial charge >= 0.3 is 0 Å². The number of hydrogen-bond acceptors (Lipinski definition) is 4. The van der Waals surface area contributed by atoms with E-state index in [0.717, 1.165) is 11.1 Å². The number of methoxy groups -OCH3 is 2. The fraction of sp³-hybridized carbons (Fsp3) is 0.238. The molecule has 1 unspecified atom stereocenters. The predicted octanol–water partition coefficient (Wildman–Crippen LogP) is 4.10. The lowest BCUT2D eigenvalue weighted by Crippen LogP contribution is -2.45. The summed E-state index contributed by atoms with van der Waals surface area (Å²) >= 11 is 11.5. The molecule has 0 radical (unpaired) electrons. The number of benzene rings is 2. The van der Waals surface area contributed by atoms with Gasteiger partial charge in [-0.2, -0.15) is 0 Å². The van der Waals surface area contributed by atoms with E-state index in [1.54, 1.807) is 26.4 Å². The topological polar surface area (TPSA) is 71.6 Å². The lowest BCUT2D eigenvalue weighted by molar-refractivity contribution is -0.113. The predicted molar refractivity (Wildman–Crippen MR) is 119 cm³/mol. The van der Waals surface area contributed by atoms with Crippen molar-refractivity contribution in [2.45, 2.75) is 19.9 Å². The highest BCUT2D eigenvalue weighted by molar-refractivity contribution is 7.80. The summed E-state index contributed by atoms with van der Waals surface area (Å²) in [4.78, 5) is 13.2. The molecule has 1 amide bonds. The van der Waals surface area contributed by atoms with E-state index in [-0.39, 0.29) is 5.91 Å². The van der Waals surface area contributed by atoms with Crippen LogP contribution in [0.4, 0.5) is 5.69 Å². The summed E-state index contributed by atoms with van der Waals surface area (Å²) in [7, 11) is 3.13. The standard InChI is InChI=1S/C21H22ClN3O3S/c1-11-8-9-13(10-15(11)22)24-20(26)17-12(2)23-21(29)25-18(17)14-6-5-7-16(27-3)19(14)28-4/h5-10,18H,1-4H3,(H,24,26)(H2,23,25,29). The first-order valence-electron chi connectivity index (χ1n) is 8.92. The fourth-order valence-corrected chi connectivity index (χ4v) is 3.69. The van der Waals surface area contributed by atoms with Gasteiger partial charge in [0, 0.05) is 22.0 Å². The lowest BCUT2D eigenvalue weighted by Gasteiger charge is -2.31. The van der Waals surface area contributed by atoms with Crippen molar-refractivity contribution in [3.05, 3.63) is 63.8 Å². The molecule has 152 valence electrons. The second-order valence-electron chi connectivity index (χ2n) is 6.57. The molecule has 2 aromatic rings. The van der Waals surface area contributed by atoms with E-state index in [4.69, 9.17) is 33.3 Å². The number of carbonyl (C=O) groups excluding carboxylic acids is 1. The normalized spacial score (nSPS) is 16.0. The number of allylic oxidation sites excluding steroid dienone is 1. The zero-order chi connectivity index (χ0) is 21.1. The van der Waals surface area contributed by atoms with Gasteiger partial charge in [-0.3, -0.25) is 4.79 Å². The van der Waals surface area contributed by atoms with Crippen molar-refractivity contribution in [1.29, 1.82) is 0 Å². The molecular weight excluding hydrogens is 410 g/mol. The molecule has 6 nitrogen and oxygen atoms in total. The van der Waals surface area contributed by atoms with Gasteiger partial charge in [0.25, 0.3) is 5.91 Å². The van der Waals surface area contributed by atoms with Gasteiger partial charge in [0.2, 0.25) is 0 Å². The van der Waals surface area contributed by atoms with Gasteiger partial charge in [-0.05, 0) is 49.8 Å². The third-order valence-corrected chi connectivity index (χ3v) is 5.31. The average molecular weight is 432 g/mol. The van der Waals surface area contributed by atoms with Crippen LogP contribution in [0.2, 0.25) is 5.02 Å². The van der Waals surface area contributed by atoms with Gasteiger partial charge in [0.15, 0.2) is 16.6 Å². The molecule has 0 aliphatic carbocycles. The number of thiocarbonyl (C=S) groups is 1. The Morgan fingerprint density at radius 2 is 1.93 bits per heavy atom. The third-order valence-electron chi connectivity index (χ3n) is 4.69. The Labute approximate surface area is 180 Å². The van der Waals surface area contributed by atoms with Crippen LogP contribution in [0.3, 0.4) is 0 Å². The maximum atomic E-state index is 13.2. The molecule has 2 aromatic carbocycles. The van der Waals surface area contributed by atoms with Gasteiger partial charge in [0.05, 0.1) is 25.8 Å². The molecule has 0 aromatic heterocycles. The molecule has 0 spiro atoms. The Balaban J connectivity index is 2.02. The molecular formula is C21H22ClN3O3S. The van der Waals surface area contributed by atoms with Crippen LogP contribution in [0.1, 0.15) is 24.1 Å². The van der Waals surface area contributed by atoms with Crippen molar-refractivity contribution >= 4 is 40.5 Å². The van der Waals surface area contributed by atoms with E-state index in [9.17, 15) is 4.79 Å². The molecule has 0 bridgehead atoms. The number of amides is 1. The Morgan fingerprint density at radius 1 is 1.17 bits per heavy atom. The first kappa shape index (κ1) is 21.0. The summed E-state index contributed by atoms with van der Waals surface area (Å²) in [5, 5.41) is 10.1. The first-order chi connectivity index (χ1) is 13.8. The molecule has 0 fully saturated rings. The van der Waals surface area contributed by atoms with Gasteiger partial charge in [0.1, 0.15) is 0 Å². The highest BCUT2D eigenvalue weighted by Gasteiger charge is 2.32. The number of aryl methyl sites for hydroxylation is 1. The molecule has 29 heavy (non-hydrogen) atoms. The number of carbonyl (C=O) groups is 1. The monoisotopic (exact) mass is 431 g/mol. The summed E-state index contributed by atoms with van der Waals surface area (Å²) in [5.74, 6) is 0.826. The highest BCUT2D eigenvalue weighted by atomic mass is 35.5. The highest BCUT2D eigenvalue weighted by Crippen LogP contribution is 2.39. The molecule has 1 aliphatic rings. The number of halogens is 1. The first-order valence-corrected chi connectivity index (χ1v) is 9.71. The van der Waals surface area contributed by atoms with Gasteiger partial charge in [-0.1, -0.05) is 29.8 Å². The van der Waals surface area contributed by atoms with E-state index < -0.39 is 6.04 Å².